The van der Waals surface area contributed by atoms with E-state index in [1.54, 1.807) is 0 Å². The molecule has 0 aromatic heterocycles. The molecule has 0 bridgehead atoms. The van der Waals surface area contributed by atoms with Crippen molar-refractivity contribution in [1.82, 2.24) is 4.90 Å². The zero-order valence-electron chi connectivity index (χ0n) is 12.7. The van der Waals surface area contributed by atoms with Crippen LogP contribution in [0.25, 0.3) is 0 Å². The Morgan fingerprint density at radius 3 is 2.42 bits per heavy atom. The zero-order valence-corrected chi connectivity index (χ0v) is 12.7. The molecule has 2 rings (SSSR count). The van der Waals surface area contributed by atoms with Crippen LogP contribution in [0.2, 0.25) is 0 Å². The molecule has 0 spiro atoms. The monoisotopic (exact) mass is 260 g/mol. The van der Waals surface area contributed by atoms with E-state index in [4.69, 9.17) is 0 Å². The summed E-state index contributed by atoms with van der Waals surface area (Å²) in [5, 5.41) is 3.79. The number of nitrogens with zero attached hydrogens (tertiary/aromatic N) is 1. The summed E-state index contributed by atoms with van der Waals surface area (Å²) in [5.41, 5.74) is 2.78. The van der Waals surface area contributed by atoms with Gasteiger partial charge in [0.1, 0.15) is 0 Å². The Morgan fingerprint density at radius 1 is 1.16 bits per heavy atom. The third-order valence-corrected chi connectivity index (χ3v) is 4.28. The molecular formula is C17H28N2. The van der Waals surface area contributed by atoms with Crippen LogP contribution in [0.5, 0.6) is 0 Å². The first kappa shape index (κ1) is 14.4. The number of anilines is 1. The number of rotatable bonds is 8. The predicted octanol–water partition coefficient (Wildman–Crippen LogP) is 4.13. The first-order chi connectivity index (χ1) is 9.28. The van der Waals surface area contributed by atoms with E-state index in [1.165, 1.54) is 30.5 Å². The average molecular weight is 260 g/mol. The first-order valence-electron chi connectivity index (χ1n) is 7.85. The van der Waals surface area contributed by atoms with Crippen molar-refractivity contribution in [1.29, 1.82) is 0 Å². The molecule has 1 atom stereocenters. The van der Waals surface area contributed by atoms with Crippen LogP contribution >= 0.6 is 0 Å². The molecule has 106 valence electrons. The predicted molar refractivity (Wildman–Crippen MR) is 83.5 cm³/mol. The summed E-state index contributed by atoms with van der Waals surface area (Å²) in [6.07, 6.45) is 4.04. The smallest absolute Gasteiger partial charge is 0.0388 e. The molecule has 1 N–H and O–H groups in total. The standard InChI is InChI=1S/C17H28N2/c1-4-16(14-11-12-14)18-17-10-8-7-9-15(17)13-19(5-2)6-3/h7-10,14,16,18H,4-6,11-13H2,1-3H3. The Labute approximate surface area is 118 Å². The molecule has 1 aromatic rings. The molecule has 1 unspecified atom stereocenters. The maximum atomic E-state index is 3.79. The molecule has 1 saturated carbocycles. The highest BCUT2D eigenvalue weighted by molar-refractivity contribution is 5.52. The lowest BCUT2D eigenvalue weighted by molar-refractivity contribution is 0.296. The van der Waals surface area contributed by atoms with Crippen LogP contribution in [-0.4, -0.2) is 24.0 Å². The van der Waals surface area contributed by atoms with Crippen LogP contribution in [0.4, 0.5) is 5.69 Å². The molecule has 0 radical (unpaired) electrons. The van der Waals surface area contributed by atoms with Crippen molar-refractivity contribution in [2.75, 3.05) is 18.4 Å². The molecule has 0 saturated heterocycles. The minimum absolute atomic E-state index is 0.665. The number of para-hydroxylation sites is 1. The average Bonchev–Trinajstić information content (AvgIpc) is 3.28. The van der Waals surface area contributed by atoms with Crippen molar-refractivity contribution in [3.05, 3.63) is 29.8 Å². The Balaban J connectivity index is 2.06. The van der Waals surface area contributed by atoms with Crippen molar-refractivity contribution < 1.29 is 0 Å². The van der Waals surface area contributed by atoms with E-state index < -0.39 is 0 Å². The maximum absolute atomic E-state index is 3.79. The highest BCUT2D eigenvalue weighted by atomic mass is 15.1. The molecule has 2 heteroatoms. The molecular weight excluding hydrogens is 232 g/mol. The summed E-state index contributed by atoms with van der Waals surface area (Å²) in [5.74, 6) is 0.909. The fraction of sp³-hybridized carbons (Fsp3) is 0.647. The Morgan fingerprint density at radius 2 is 1.84 bits per heavy atom. The van der Waals surface area contributed by atoms with Gasteiger partial charge in [0.05, 0.1) is 0 Å². The second-order valence-corrected chi connectivity index (χ2v) is 5.62. The highest BCUT2D eigenvalue weighted by Gasteiger charge is 2.30. The molecule has 19 heavy (non-hydrogen) atoms. The molecule has 0 aliphatic heterocycles. The van der Waals surface area contributed by atoms with E-state index >= 15 is 0 Å². The second-order valence-electron chi connectivity index (χ2n) is 5.62. The lowest BCUT2D eigenvalue weighted by Gasteiger charge is -2.23. The van der Waals surface area contributed by atoms with Crippen LogP contribution in [0.15, 0.2) is 24.3 Å². The summed E-state index contributed by atoms with van der Waals surface area (Å²) in [4.78, 5) is 2.47. The first-order valence-corrected chi connectivity index (χ1v) is 7.85. The van der Waals surface area contributed by atoms with Gasteiger partial charge in [0.2, 0.25) is 0 Å². The fourth-order valence-corrected chi connectivity index (χ4v) is 2.74. The number of nitrogens with one attached hydrogen (secondary N) is 1. The Hall–Kier alpha value is -1.02. The normalized spacial score (nSPS) is 16.6. The van der Waals surface area contributed by atoms with E-state index in [-0.39, 0.29) is 0 Å². The van der Waals surface area contributed by atoms with E-state index in [1.807, 2.05) is 0 Å². The van der Waals surface area contributed by atoms with Gasteiger partial charge in [-0.25, -0.2) is 0 Å². The molecule has 0 heterocycles. The van der Waals surface area contributed by atoms with Gasteiger partial charge in [0.25, 0.3) is 0 Å². The van der Waals surface area contributed by atoms with E-state index in [0.29, 0.717) is 6.04 Å². The maximum Gasteiger partial charge on any atom is 0.0388 e. The summed E-state index contributed by atoms with van der Waals surface area (Å²) in [6, 6.07) is 9.47. The molecule has 1 aromatic carbocycles. The molecule has 1 aliphatic carbocycles. The SMILES string of the molecule is CCC(Nc1ccccc1CN(CC)CC)C1CC1. The quantitative estimate of drug-likeness (QED) is 0.756. The summed E-state index contributed by atoms with van der Waals surface area (Å²) >= 11 is 0. The lowest BCUT2D eigenvalue weighted by atomic mass is 10.1. The van der Waals surface area contributed by atoms with Crippen LogP contribution in [0.3, 0.4) is 0 Å². The summed E-state index contributed by atoms with van der Waals surface area (Å²) < 4.78 is 0. The van der Waals surface area contributed by atoms with Gasteiger partial charge in [0, 0.05) is 18.3 Å². The van der Waals surface area contributed by atoms with E-state index in [0.717, 1.165) is 25.6 Å². The van der Waals surface area contributed by atoms with Crippen LogP contribution in [0, 0.1) is 5.92 Å². The van der Waals surface area contributed by atoms with Gasteiger partial charge in [-0.05, 0) is 49.9 Å². The largest absolute Gasteiger partial charge is 0.382 e. The summed E-state index contributed by atoms with van der Waals surface area (Å²) in [6.45, 7) is 10.0. The molecule has 2 nitrogen and oxygen atoms in total. The number of hydrogen-bond acceptors (Lipinski definition) is 2. The molecule has 1 fully saturated rings. The zero-order chi connectivity index (χ0) is 13.7. The lowest BCUT2D eigenvalue weighted by Crippen LogP contribution is -2.25. The van der Waals surface area contributed by atoms with Crippen LogP contribution in [0.1, 0.15) is 45.6 Å². The molecule has 0 amide bonds. The van der Waals surface area contributed by atoms with Gasteiger partial charge in [-0.15, -0.1) is 0 Å². The fourth-order valence-electron chi connectivity index (χ4n) is 2.74. The van der Waals surface area contributed by atoms with Gasteiger partial charge in [-0.2, -0.15) is 0 Å². The van der Waals surface area contributed by atoms with Crippen molar-refractivity contribution in [3.8, 4) is 0 Å². The van der Waals surface area contributed by atoms with Gasteiger partial charge < -0.3 is 5.32 Å². The van der Waals surface area contributed by atoms with Gasteiger partial charge in [-0.1, -0.05) is 39.0 Å². The minimum atomic E-state index is 0.665. The highest BCUT2D eigenvalue weighted by Crippen LogP contribution is 2.36. The third kappa shape index (κ3) is 3.97. The number of hydrogen-bond donors (Lipinski definition) is 1. The second kappa shape index (κ2) is 6.95. The van der Waals surface area contributed by atoms with Crippen molar-refractivity contribution in [3.63, 3.8) is 0 Å². The van der Waals surface area contributed by atoms with Crippen molar-refractivity contribution >= 4 is 5.69 Å². The van der Waals surface area contributed by atoms with Gasteiger partial charge >= 0.3 is 0 Å². The van der Waals surface area contributed by atoms with Crippen LogP contribution in [-0.2, 0) is 6.54 Å². The number of benzene rings is 1. The van der Waals surface area contributed by atoms with E-state index in [9.17, 15) is 0 Å². The Kier molecular flexibility index (Phi) is 5.26. The topological polar surface area (TPSA) is 15.3 Å². The van der Waals surface area contributed by atoms with E-state index in [2.05, 4.69) is 55.3 Å². The third-order valence-electron chi connectivity index (χ3n) is 4.28. The van der Waals surface area contributed by atoms with Gasteiger partial charge in [-0.3, -0.25) is 4.90 Å². The van der Waals surface area contributed by atoms with Gasteiger partial charge in [0.15, 0.2) is 0 Å². The summed E-state index contributed by atoms with van der Waals surface area (Å²) in [7, 11) is 0. The van der Waals surface area contributed by atoms with Crippen molar-refractivity contribution in [2.24, 2.45) is 5.92 Å². The van der Waals surface area contributed by atoms with Crippen LogP contribution < -0.4 is 5.32 Å². The molecule has 1 aliphatic rings. The Bertz CT molecular complexity index is 381. The minimum Gasteiger partial charge on any atom is -0.382 e. The van der Waals surface area contributed by atoms with Crippen molar-refractivity contribution in [2.45, 2.75) is 52.6 Å².